The third kappa shape index (κ3) is 3.63. The van der Waals surface area contributed by atoms with E-state index in [0.717, 1.165) is 0 Å². The van der Waals surface area contributed by atoms with E-state index < -0.39 is 17.9 Å². The van der Waals surface area contributed by atoms with Gasteiger partial charge in [0.1, 0.15) is 12.4 Å². The van der Waals surface area contributed by atoms with Crippen LogP contribution in [0.15, 0.2) is 48.5 Å². The summed E-state index contributed by atoms with van der Waals surface area (Å²) in [6.45, 7) is 1.70. The smallest absolute Gasteiger partial charge is 0.336 e. The highest BCUT2D eigenvalue weighted by Gasteiger charge is 2.14. The number of carboxylic acids is 2. The SMILES string of the molecule is C[C@H](C(=O)O)c1cccc(OCc2ccccc2C(=O)O)c1. The van der Waals surface area contributed by atoms with E-state index in [-0.39, 0.29) is 12.2 Å². The summed E-state index contributed by atoms with van der Waals surface area (Å²) in [6.07, 6.45) is 0. The third-order valence-corrected chi connectivity index (χ3v) is 3.37. The molecule has 0 aromatic heterocycles. The molecule has 0 saturated carbocycles. The van der Waals surface area contributed by atoms with Gasteiger partial charge in [0.15, 0.2) is 0 Å². The number of aliphatic carboxylic acids is 1. The quantitative estimate of drug-likeness (QED) is 0.856. The Morgan fingerprint density at radius 2 is 1.82 bits per heavy atom. The van der Waals surface area contributed by atoms with Gasteiger partial charge in [0.05, 0.1) is 11.5 Å². The number of ether oxygens (including phenoxy) is 1. The monoisotopic (exact) mass is 300 g/mol. The molecule has 0 amide bonds. The first-order valence-electron chi connectivity index (χ1n) is 6.76. The summed E-state index contributed by atoms with van der Waals surface area (Å²) < 4.78 is 5.60. The molecule has 2 aromatic carbocycles. The van der Waals surface area contributed by atoms with Crippen molar-refractivity contribution in [2.24, 2.45) is 0 Å². The molecule has 1 atom stereocenters. The molecule has 2 N–H and O–H groups in total. The van der Waals surface area contributed by atoms with Crippen molar-refractivity contribution in [2.75, 3.05) is 0 Å². The van der Waals surface area contributed by atoms with Gasteiger partial charge in [0.2, 0.25) is 0 Å². The number of hydrogen-bond acceptors (Lipinski definition) is 3. The van der Waals surface area contributed by atoms with Crippen LogP contribution >= 0.6 is 0 Å². The highest BCUT2D eigenvalue weighted by molar-refractivity contribution is 5.89. The van der Waals surface area contributed by atoms with Gasteiger partial charge >= 0.3 is 11.9 Å². The number of hydrogen-bond donors (Lipinski definition) is 2. The fourth-order valence-corrected chi connectivity index (χ4v) is 2.03. The highest BCUT2D eigenvalue weighted by atomic mass is 16.5. The largest absolute Gasteiger partial charge is 0.489 e. The van der Waals surface area contributed by atoms with Gasteiger partial charge in [-0.15, -0.1) is 0 Å². The molecule has 114 valence electrons. The van der Waals surface area contributed by atoms with E-state index >= 15 is 0 Å². The minimum atomic E-state index is -1.01. The Balaban J connectivity index is 2.14. The summed E-state index contributed by atoms with van der Waals surface area (Å²) in [5, 5.41) is 18.1. The van der Waals surface area contributed by atoms with Crippen LogP contribution in [0.4, 0.5) is 0 Å². The minimum Gasteiger partial charge on any atom is -0.489 e. The molecule has 0 spiro atoms. The van der Waals surface area contributed by atoms with Crippen LogP contribution in [0.2, 0.25) is 0 Å². The highest BCUT2D eigenvalue weighted by Crippen LogP contribution is 2.22. The molecule has 0 aliphatic rings. The van der Waals surface area contributed by atoms with Gasteiger partial charge in [-0.05, 0) is 30.7 Å². The molecule has 0 heterocycles. The van der Waals surface area contributed by atoms with E-state index in [1.165, 1.54) is 6.07 Å². The van der Waals surface area contributed by atoms with E-state index in [1.54, 1.807) is 49.4 Å². The number of benzene rings is 2. The van der Waals surface area contributed by atoms with Crippen molar-refractivity contribution in [1.29, 1.82) is 0 Å². The number of aromatic carboxylic acids is 1. The van der Waals surface area contributed by atoms with E-state index in [4.69, 9.17) is 14.9 Å². The standard InChI is InChI=1S/C17H16O5/c1-11(16(18)19)12-6-4-7-14(9-12)22-10-13-5-2-3-8-15(13)17(20)21/h2-9,11H,10H2,1H3,(H,18,19)(H,20,21)/t11-/m0/s1. The first kappa shape index (κ1) is 15.6. The lowest BCUT2D eigenvalue weighted by Gasteiger charge is -2.11. The minimum absolute atomic E-state index is 0.105. The fraction of sp³-hybridized carbons (Fsp3) is 0.176. The Hall–Kier alpha value is -2.82. The van der Waals surface area contributed by atoms with Crippen LogP contribution in [0.5, 0.6) is 5.75 Å². The Bertz CT molecular complexity index is 693. The van der Waals surface area contributed by atoms with Crippen LogP contribution in [0.25, 0.3) is 0 Å². The summed E-state index contributed by atoms with van der Waals surface area (Å²) in [5.41, 5.74) is 1.39. The first-order valence-corrected chi connectivity index (χ1v) is 6.76. The topological polar surface area (TPSA) is 83.8 Å². The molecule has 0 aliphatic carbocycles. The molecule has 0 bridgehead atoms. The molecular formula is C17H16O5. The molecule has 0 fully saturated rings. The van der Waals surface area contributed by atoms with Crippen LogP contribution < -0.4 is 4.74 Å². The lowest BCUT2D eigenvalue weighted by Crippen LogP contribution is -2.08. The normalized spacial score (nSPS) is 11.7. The zero-order valence-electron chi connectivity index (χ0n) is 12.0. The molecule has 0 aliphatic heterocycles. The average Bonchev–Trinajstić information content (AvgIpc) is 2.52. The molecule has 0 unspecified atom stereocenters. The summed E-state index contributed by atoms with van der Waals surface area (Å²) in [5.74, 6) is -2.04. The summed E-state index contributed by atoms with van der Waals surface area (Å²) in [4.78, 5) is 22.1. The Kier molecular flexibility index (Phi) is 4.78. The lowest BCUT2D eigenvalue weighted by atomic mass is 10.0. The summed E-state index contributed by atoms with van der Waals surface area (Å²) in [7, 11) is 0. The number of rotatable bonds is 6. The molecule has 2 aromatic rings. The number of carbonyl (C=O) groups is 2. The summed E-state index contributed by atoms with van der Waals surface area (Å²) in [6, 6.07) is 13.4. The first-order chi connectivity index (χ1) is 10.5. The van der Waals surface area contributed by atoms with E-state index in [2.05, 4.69) is 0 Å². The zero-order chi connectivity index (χ0) is 16.1. The van der Waals surface area contributed by atoms with Crippen molar-refractivity contribution < 1.29 is 24.5 Å². The van der Waals surface area contributed by atoms with Crippen molar-refractivity contribution >= 4 is 11.9 Å². The summed E-state index contributed by atoms with van der Waals surface area (Å²) >= 11 is 0. The fourth-order valence-electron chi connectivity index (χ4n) is 2.03. The van der Waals surface area contributed by atoms with Crippen molar-refractivity contribution in [2.45, 2.75) is 19.4 Å². The second kappa shape index (κ2) is 6.76. The van der Waals surface area contributed by atoms with E-state index in [1.807, 2.05) is 0 Å². The van der Waals surface area contributed by atoms with Crippen LogP contribution in [0.3, 0.4) is 0 Å². The maximum Gasteiger partial charge on any atom is 0.336 e. The Morgan fingerprint density at radius 3 is 2.50 bits per heavy atom. The number of carboxylic acid groups (broad SMARTS) is 2. The molecule has 0 radical (unpaired) electrons. The van der Waals surface area contributed by atoms with Gasteiger partial charge in [-0.1, -0.05) is 30.3 Å². The van der Waals surface area contributed by atoms with Crippen LogP contribution in [-0.4, -0.2) is 22.2 Å². The average molecular weight is 300 g/mol. The van der Waals surface area contributed by atoms with Crippen LogP contribution in [0.1, 0.15) is 34.3 Å². The maximum atomic E-state index is 11.1. The lowest BCUT2D eigenvalue weighted by molar-refractivity contribution is -0.138. The predicted molar refractivity (Wildman–Crippen MR) is 80.2 cm³/mol. The van der Waals surface area contributed by atoms with Crippen LogP contribution in [0, 0.1) is 0 Å². The van der Waals surface area contributed by atoms with Gasteiger partial charge in [0.25, 0.3) is 0 Å². The Morgan fingerprint density at radius 1 is 1.09 bits per heavy atom. The second-order valence-electron chi connectivity index (χ2n) is 4.88. The van der Waals surface area contributed by atoms with Crippen molar-refractivity contribution in [3.05, 3.63) is 65.2 Å². The van der Waals surface area contributed by atoms with E-state index in [0.29, 0.717) is 16.9 Å². The zero-order valence-corrected chi connectivity index (χ0v) is 12.0. The van der Waals surface area contributed by atoms with E-state index in [9.17, 15) is 9.59 Å². The van der Waals surface area contributed by atoms with Crippen molar-refractivity contribution in [1.82, 2.24) is 0 Å². The van der Waals surface area contributed by atoms with Gasteiger partial charge < -0.3 is 14.9 Å². The van der Waals surface area contributed by atoms with Crippen molar-refractivity contribution in [3.63, 3.8) is 0 Å². The third-order valence-electron chi connectivity index (χ3n) is 3.37. The van der Waals surface area contributed by atoms with Gasteiger partial charge in [-0.25, -0.2) is 4.79 Å². The molecule has 5 nitrogen and oxygen atoms in total. The van der Waals surface area contributed by atoms with Gasteiger partial charge in [-0.2, -0.15) is 0 Å². The molecule has 0 saturated heterocycles. The maximum absolute atomic E-state index is 11.1. The van der Waals surface area contributed by atoms with Crippen LogP contribution in [-0.2, 0) is 11.4 Å². The van der Waals surface area contributed by atoms with Crippen molar-refractivity contribution in [3.8, 4) is 5.75 Å². The predicted octanol–water partition coefficient (Wildman–Crippen LogP) is 3.15. The Labute approximate surface area is 127 Å². The molecule has 22 heavy (non-hydrogen) atoms. The molecule has 5 heteroatoms. The van der Waals surface area contributed by atoms with Gasteiger partial charge in [0, 0.05) is 5.56 Å². The molecular weight excluding hydrogens is 284 g/mol. The second-order valence-corrected chi connectivity index (χ2v) is 4.88. The molecule has 2 rings (SSSR count). The van der Waals surface area contributed by atoms with Gasteiger partial charge in [-0.3, -0.25) is 4.79 Å².